The molecule has 1 aromatic rings. The van der Waals surface area contributed by atoms with Gasteiger partial charge in [-0.25, -0.2) is 0 Å². The third kappa shape index (κ3) is 1.07. The van der Waals surface area contributed by atoms with Gasteiger partial charge in [0.15, 0.2) is 0 Å². The van der Waals surface area contributed by atoms with E-state index in [-0.39, 0.29) is 0 Å². The molecule has 0 atom stereocenters. The van der Waals surface area contributed by atoms with Crippen molar-refractivity contribution in [2.75, 3.05) is 0 Å². The molecule has 1 heteroatoms. The Bertz CT molecular complexity index is 361. The van der Waals surface area contributed by atoms with E-state index in [1.807, 2.05) is 6.08 Å². The van der Waals surface area contributed by atoms with Crippen LogP contribution in [0.15, 0.2) is 23.8 Å². The van der Waals surface area contributed by atoms with Crippen molar-refractivity contribution in [1.29, 1.82) is 0 Å². The van der Waals surface area contributed by atoms with Crippen LogP contribution in [0.4, 0.5) is 0 Å². The molecular weight excluding hydrogens is 148 g/mol. The van der Waals surface area contributed by atoms with Gasteiger partial charge in [-0.1, -0.05) is 23.8 Å². The first kappa shape index (κ1) is 7.29. The first-order chi connectivity index (χ1) is 5.79. The van der Waals surface area contributed by atoms with E-state index in [2.05, 4.69) is 25.1 Å². The topological polar surface area (TPSA) is 17.1 Å². The molecule has 0 heterocycles. The SMILES string of the molecule is Cc1ccc2c(c1)CC(C=O)=C2. The Balaban J connectivity index is 2.46. The van der Waals surface area contributed by atoms with Crippen molar-refractivity contribution in [2.45, 2.75) is 13.3 Å². The Morgan fingerprint density at radius 1 is 1.42 bits per heavy atom. The molecule has 0 N–H and O–H groups in total. The highest BCUT2D eigenvalue weighted by molar-refractivity contribution is 5.86. The number of aldehydes is 1. The molecule has 0 fully saturated rings. The lowest BCUT2D eigenvalue weighted by molar-refractivity contribution is -0.104. The van der Waals surface area contributed by atoms with Gasteiger partial charge in [-0.3, -0.25) is 4.79 Å². The first-order valence-corrected chi connectivity index (χ1v) is 4.05. The Morgan fingerprint density at radius 2 is 2.25 bits per heavy atom. The van der Waals surface area contributed by atoms with E-state index in [4.69, 9.17) is 0 Å². The van der Waals surface area contributed by atoms with Gasteiger partial charge in [-0.2, -0.15) is 0 Å². The molecule has 0 aliphatic heterocycles. The predicted octanol–water partition coefficient (Wildman–Crippen LogP) is 2.13. The third-order valence-corrected chi connectivity index (χ3v) is 2.19. The van der Waals surface area contributed by atoms with Crippen LogP contribution in [-0.4, -0.2) is 6.29 Å². The van der Waals surface area contributed by atoms with Crippen LogP contribution in [0.3, 0.4) is 0 Å². The maximum absolute atomic E-state index is 10.5. The number of carbonyl (C=O) groups excluding carboxylic acids is 1. The summed E-state index contributed by atoms with van der Waals surface area (Å²) in [7, 11) is 0. The highest BCUT2D eigenvalue weighted by Crippen LogP contribution is 2.24. The number of carbonyl (C=O) groups is 1. The molecule has 0 spiro atoms. The van der Waals surface area contributed by atoms with Crippen LogP contribution in [-0.2, 0) is 11.2 Å². The lowest BCUT2D eigenvalue weighted by Gasteiger charge is -1.98. The van der Waals surface area contributed by atoms with Gasteiger partial charge >= 0.3 is 0 Å². The van der Waals surface area contributed by atoms with Gasteiger partial charge in [0.25, 0.3) is 0 Å². The van der Waals surface area contributed by atoms with Crippen LogP contribution >= 0.6 is 0 Å². The molecular formula is C11H10O. The summed E-state index contributed by atoms with van der Waals surface area (Å²) < 4.78 is 0. The molecule has 1 aliphatic carbocycles. The Morgan fingerprint density at radius 3 is 3.00 bits per heavy atom. The van der Waals surface area contributed by atoms with Crippen molar-refractivity contribution >= 4 is 12.4 Å². The average molecular weight is 158 g/mol. The molecule has 0 amide bonds. The Kier molecular flexibility index (Phi) is 1.58. The molecule has 0 saturated carbocycles. The number of hydrogen-bond donors (Lipinski definition) is 0. The molecule has 2 rings (SSSR count). The molecule has 0 saturated heterocycles. The quantitative estimate of drug-likeness (QED) is 0.572. The monoisotopic (exact) mass is 158 g/mol. The van der Waals surface area contributed by atoms with Gasteiger partial charge in [0.1, 0.15) is 6.29 Å². The zero-order valence-corrected chi connectivity index (χ0v) is 7.00. The normalized spacial score (nSPS) is 13.9. The van der Waals surface area contributed by atoms with Crippen molar-refractivity contribution < 1.29 is 4.79 Å². The fraction of sp³-hybridized carbons (Fsp3) is 0.182. The van der Waals surface area contributed by atoms with E-state index in [1.165, 1.54) is 16.7 Å². The van der Waals surface area contributed by atoms with Crippen molar-refractivity contribution in [1.82, 2.24) is 0 Å². The minimum atomic E-state index is 0.806. The van der Waals surface area contributed by atoms with Gasteiger partial charge in [-0.15, -0.1) is 0 Å². The summed E-state index contributed by atoms with van der Waals surface area (Å²) in [5.74, 6) is 0. The van der Waals surface area contributed by atoms with Crippen LogP contribution < -0.4 is 0 Å². The molecule has 0 radical (unpaired) electrons. The molecule has 0 unspecified atom stereocenters. The number of hydrogen-bond acceptors (Lipinski definition) is 1. The van der Waals surface area contributed by atoms with Crippen molar-refractivity contribution in [3.05, 3.63) is 40.5 Å². The van der Waals surface area contributed by atoms with Gasteiger partial charge in [0.2, 0.25) is 0 Å². The van der Waals surface area contributed by atoms with Crippen molar-refractivity contribution in [3.63, 3.8) is 0 Å². The fourth-order valence-electron chi connectivity index (χ4n) is 1.57. The number of benzene rings is 1. The molecule has 60 valence electrons. The number of aryl methyl sites for hydroxylation is 1. The second-order valence-electron chi connectivity index (χ2n) is 3.22. The zero-order chi connectivity index (χ0) is 8.55. The van der Waals surface area contributed by atoms with Gasteiger partial charge in [0, 0.05) is 6.42 Å². The van der Waals surface area contributed by atoms with E-state index >= 15 is 0 Å². The highest BCUT2D eigenvalue weighted by Gasteiger charge is 2.10. The Labute approximate surface area is 71.7 Å². The largest absolute Gasteiger partial charge is 0.298 e. The summed E-state index contributed by atoms with van der Waals surface area (Å²) in [6.07, 6.45) is 3.71. The highest BCUT2D eigenvalue weighted by atomic mass is 16.1. The maximum Gasteiger partial charge on any atom is 0.146 e. The second-order valence-corrected chi connectivity index (χ2v) is 3.22. The van der Waals surface area contributed by atoms with Crippen LogP contribution in [0.25, 0.3) is 6.08 Å². The van der Waals surface area contributed by atoms with Crippen LogP contribution in [0.5, 0.6) is 0 Å². The summed E-state index contributed by atoms with van der Waals surface area (Å²) in [5, 5.41) is 0. The lowest BCUT2D eigenvalue weighted by atomic mass is 10.1. The average Bonchev–Trinajstić information content (AvgIpc) is 2.46. The summed E-state index contributed by atoms with van der Waals surface area (Å²) in [6.45, 7) is 2.07. The molecule has 12 heavy (non-hydrogen) atoms. The van der Waals surface area contributed by atoms with Crippen molar-refractivity contribution in [2.24, 2.45) is 0 Å². The number of fused-ring (bicyclic) bond motifs is 1. The van der Waals surface area contributed by atoms with E-state index in [0.29, 0.717) is 0 Å². The van der Waals surface area contributed by atoms with Gasteiger partial charge in [0.05, 0.1) is 0 Å². The van der Waals surface area contributed by atoms with Crippen LogP contribution in [0.1, 0.15) is 16.7 Å². The summed E-state index contributed by atoms with van der Waals surface area (Å²) in [6, 6.07) is 6.28. The van der Waals surface area contributed by atoms with Crippen LogP contribution in [0.2, 0.25) is 0 Å². The van der Waals surface area contributed by atoms with E-state index in [1.54, 1.807) is 0 Å². The number of rotatable bonds is 1. The Hall–Kier alpha value is -1.37. The first-order valence-electron chi connectivity index (χ1n) is 4.05. The minimum Gasteiger partial charge on any atom is -0.298 e. The van der Waals surface area contributed by atoms with E-state index < -0.39 is 0 Å². The smallest absolute Gasteiger partial charge is 0.146 e. The second kappa shape index (κ2) is 2.59. The van der Waals surface area contributed by atoms with Gasteiger partial charge in [-0.05, 0) is 29.7 Å². The van der Waals surface area contributed by atoms with Gasteiger partial charge < -0.3 is 0 Å². The van der Waals surface area contributed by atoms with Crippen molar-refractivity contribution in [3.8, 4) is 0 Å². The summed E-state index contributed by atoms with van der Waals surface area (Å²) in [4.78, 5) is 10.5. The minimum absolute atomic E-state index is 0.806. The lowest BCUT2D eigenvalue weighted by Crippen LogP contribution is -1.85. The predicted molar refractivity (Wildman–Crippen MR) is 48.9 cm³/mol. The van der Waals surface area contributed by atoms with E-state index in [9.17, 15) is 4.79 Å². The maximum atomic E-state index is 10.5. The molecule has 0 bridgehead atoms. The number of allylic oxidation sites excluding steroid dienone is 1. The summed E-state index contributed by atoms with van der Waals surface area (Å²) >= 11 is 0. The molecule has 1 nitrogen and oxygen atoms in total. The molecule has 1 aliphatic rings. The third-order valence-electron chi connectivity index (χ3n) is 2.19. The van der Waals surface area contributed by atoms with Crippen LogP contribution in [0, 0.1) is 6.92 Å². The fourth-order valence-corrected chi connectivity index (χ4v) is 1.57. The van der Waals surface area contributed by atoms with E-state index in [0.717, 1.165) is 18.3 Å². The zero-order valence-electron chi connectivity index (χ0n) is 7.00. The standard InChI is InChI=1S/C11H10O/c1-8-2-3-10-5-9(7-12)6-11(10)4-8/h2-5,7H,6H2,1H3. The molecule has 1 aromatic carbocycles. The molecule has 0 aromatic heterocycles. The summed E-state index contributed by atoms with van der Waals surface area (Å²) in [5.41, 5.74) is 4.62.